The summed E-state index contributed by atoms with van der Waals surface area (Å²) in [6.45, 7) is 0. The third kappa shape index (κ3) is 3.58. The zero-order chi connectivity index (χ0) is 14.5. The highest BCUT2D eigenvalue weighted by molar-refractivity contribution is 5.80. The van der Waals surface area contributed by atoms with Gasteiger partial charge in [0, 0.05) is 25.8 Å². The number of hydrogen-bond donors (Lipinski definition) is 3. The second kappa shape index (κ2) is 5.87. The van der Waals surface area contributed by atoms with Crippen LogP contribution in [0, 0.1) is 0 Å². The van der Waals surface area contributed by atoms with Crippen LogP contribution in [0.3, 0.4) is 0 Å². The summed E-state index contributed by atoms with van der Waals surface area (Å²) in [7, 11) is 3.93. The molecule has 7 nitrogen and oxygen atoms in total. The van der Waals surface area contributed by atoms with Gasteiger partial charge >= 0.3 is 5.69 Å². The van der Waals surface area contributed by atoms with Crippen LogP contribution >= 0.6 is 0 Å². The van der Waals surface area contributed by atoms with Crippen molar-refractivity contribution in [3.05, 3.63) is 56.7 Å². The van der Waals surface area contributed by atoms with Crippen molar-refractivity contribution in [2.24, 2.45) is 5.10 Å². The Hall–Kier alpha value is -2.83. The molecule has 0 aliphatic carbocycles. The highest BCUT2D eigenvalue weighted by Crippen LogP contribution is 2.10. The average molecular weight is 273 g/mol. The molecule has 0 saturated carbocycles. The smallest absolute Gasteiger partial charge is 0.327 e. The molecule has 0 atom stereocenters. The van der Waals surface area contributed by atoms with E-state index in [1.807, 2.05) is 43.3 Å². The second-order valence-electron chi connectivity index (χ2n) is 4.36. The number of rotatable bonds is 4. The molecule has 0 saturated heterocycles. The number of aromatic amines is 2. The quantitative estimate of drug-likeness (QED) is 0.561. The minimum Gasteiger partial charge on any atom is -0.378 e. The first-order valence-corrected chi connectivity index (χ1v) is 5.95. The summed E-state index contributed by atoms with van der Waals surface area (Å²) in [5, 5.41) is 3.96. The van der Waals surface area contributed by atoms with E-state index in [0.717, 1.165) is 11.3 Å². The Labute approximate surface area is 115 Å². The normalized spacial score (nSPS) is 10.7. The van der Waals surface area contributed by atoms with E-state index in [4.69, 9.17) is 0 Å². The van der Waals surface area contributed by atoms with Gasteiger partial charge in [-0.3, -0.25) is 20.2 Å². The van der Waals surface area contributed by atoms with E-state index in [-0.39, 0.29) is 5.82 Å². The van der Waals surface area contributed by atoms with E-state index < -0.39 is 11.2 Å². The minimum absolute atomic E-state index is 0.236. The molecule has 2 aromatic rings. The first kappa shape index (κ1) is 13.6. The summed E-state index contributed by atoms with van der Waals surface area (Å²) < 4.78 is 0. The second-order valence-corrected chi connectivity index (χ2v) is 4.36. The third-order valence-electron chi connectivity index (χ3n) is 2.57. The van der Waals surface area contributed by atoms with Gasteiger partial charge in [0.25, 0.3) is 5.56 Å². The van der Waals surface area contributed by atoms with Gasteiger partial charge in [-0.1, -0.05) is 12.1 Å². The van der Waals surface area contributed by atoms with Crippen LogP contribution < -0.4 is 21.6 Å². The fourth-order valence-corrected chi connectivity index (χ4v) is 1.56. The number of nitrogens with zero attached hydrogens (tertiary/aromatic N) is 2. The largest absolute Gasteiger partial charge is 0.378 e. The van der Waals surface area contributed by atoms with Gasteiger partial charge in [0.2, 0.25) is 0 Å². The Kier molecular flexibility index (Phi) is 3.99. The van der Waals surface area contributed by atoms with E-state index in [9.17, 15) is 9.59 Å². The van der Waals surface area contributed by atoms with Crippen molar-refractivity contribution in [3.63, 3.8) is 0 Å². The van der Waals surface area contributed by atoms with Crippen molar-refractivity contribution >= 4 is 17.7 Å². The summed E-state index contributed by atoms with van der Waals surface area (Å²) in [6, 6.07) is 8.99. The van der Waals surface area contributed by atoms with Crippen LogP contribution in [0.25, 0.3) is 0 Å². The van der Waals surface area contributed by atoms with Crippen LogP contribution in [0.15, 0.2) is 45.0 Å². The van der Waals surface area contributed by atoms with Crippen molar-refractivity contribution < 1.29 is 0 Å². The highest BCUT2D eigenvalue weighted by atomic mass is 16.2. The van der Waals surface area contributed by atoms with Crippen LogP contribution in [0.5, 0.6) is 0 Å². The fraction of sp³-hybridized carbons (Fsp3) is 0.154. The van der Waals surface area contributed by atoms with Crippen molar-refractivity contribution in [1.29, 1.82) is 0 Å². The Bertz CT molecular complexity index is 684. The fourth-order valence-electron chi connectivity index (χ4n) is 1.56. The van der Waals surface area contributed by atoms with Crippen LogP contribution in [-0.4, -0.2) is 30.3 Å². The summed E-state index contributed by atoms with van der Waals surface area (Å²) in [5.74, 6) is 0.236. The van der Waals surface area contributed by atoms with Gasteiger partial charge in [-0.15, -0.1) is 0 Å². The van der Waals surface area contributed by atoms with Crippen molar-refractivity contribution in [2.45, 2.75) is 0 Å². The van der Waals surface area contributed by atoms with Crippen LogP contribution in [0.4, 0.5) is 11.5 Å². The van der Waals surface area contributed by atoms with Gasteiger partial charge in [0.15, 0.2) is 0 Å². The molecule has 2 rings (SSSR count). The molecular weight excluding hydrogens is 258 g/mol. The molecule has 0 fully saturated rings. The zero-order valence-electron chi connectivity index (χ0n) is 11.2. The van der Waals surface area contributed by atoms with Crippen LogP contribution in [0.1, 0.15) is 5.56 Å². The molecule has 1 aromatic carbocycles. The molecule has 104 valence electrons. The van der Waals surface area contributed by atoms with Gasteiger partial charge in [-0.2, -0.15) is 5.10 Å². The number of aromatic nitrogens is 2. The van der Waals surface area contributed by atoms with Crippen LogP contribution in [0.2, 0.25) is 0 Å². The van der Waals surface area contributed by atoms with E-state index in [0.29, 0.717) is 0 Å². The van der Waals surface area contributed by atoms with Gasteiger partial charge in [0.1, 0.15) is 5.82 Å². The summed E-state index contributed by atoms with van der Waals surface area (Å²) in [6.07, 6.45) is 1.60. The number of hydrazone groups is 1. The molecule has 7 heteroatoms. The predicted molar refractivity (Wildman–Crippen MR) is 79.7 cm³/mol. The molecule has 3 N–H and O–H groups in total. The molecule has 1 aromatic heterocycles. The van der Waals surface area contributed by atoms with E-state index in [1.165, 1.54) is 6.07 Å². The topological polar surface area (TPSA) is 93.3 Å². The number of anilines is 2. The molecule has 20 heavy (non-hydrogen) atoms. The molecule has 0 radical (unpaired) electrons. The maximum atomic E-state index is 11.1. The maximum absolute atomic E-state index is 11.1. The lowest BCUT2D eigenvalue weighted by Crippen LogP contribution is -2.22. The lowest BCUT2D eigenvalue weighted by molar-refractivity contribution is 1.03. The number of benzene rings is 1. The molecule has 0 amide bonds. The lowest BCUT2D eigenvalue weighted by atomic mass is 10.2. The molecule has 0 aliphatic heterocycles. The van der Waals surface area contributed by atoms with E-state index in [2.05, 4.69) is 20.5 Å². The third-order valence-corrected chi connectivity index (χ3v) is 2.57. The first-order chi connectivity index (χ1) is 9.54. The minimum atomic E-state index is -0.578. The van der Waals surface area contributed by atoms with Crippen LogP contribution in [-0.2, 0) is 0 Å². The number of hydrogen-bond acceptors (Lipinski definition) is 5. The molecule has 0 unspecified atom stereocenters. The number of H-pyrrole nitrogens is 2. The Balaban J connectivity index is 2.06. The standard InChI is InChI=1S/C13H15N5O2/c1-18(2)10-5-3-9(4-6-10)8-14-17-11-7-12(19)16-13(20)15-11/h3-8H,1-2H3,(H3,15,16,17,19,20). The van der Waals surface area contributed by atoms with Crippen molar-refractivity contribution in [1.82, 2.24) is 9.97 Å². The zero-order valence-corrected chi connectivity index (χ0v) is 11.2. The average Bonchev–Trinajstić information content (AvgIpc) is 2.38. The number of nitrogens with one attached hydrogen (secondary N) is 3. The maximum Gasteiger partial charge on any atom is 0.327 e. The lowest BCUT2D eigenvalue weighted by Gasteiger charge is -2.11. The Morgan fingerprint density at radius 1 is 1.15 bits per heavy atom. The molecular formula is C13H15N5O2. The Morgan fingerprint density at radius 2 is 1.85 bits per heavy atom. The van der Waals surface area contributed by atoms with E-state index >= 15 is 0 Å². The summed E-state index contributed by atoms with van der Waals surface area (Å²) in [5.41, 5.74) is 3.52. The summed E-state index contributed by atoms with van der Waals surface area (Å²) >= 11 is 0. The monoisotopic (exact) mass is 273 g/mol. The van der Waals surface area contributed by atoms with E-state index in [1.54, 1.807) is 6.21 Å². The Morgan fingerprint density at radius 3 is 2.45 bits per heavy atom. The van der Waals surface area contributed by atoms with Gasteiger partial charge in [0.05, 0.1) is 6.21 Å². The van der Waals surface area contributed by atoms with Crippen molar-refractivity contribution in [2.75, 3.05) is 24.4 Å². The van der Waals surface area contributed by atoms with Gasteiger partial charge in [-0.25, -0.2) is 4.79 Å². The summed E-state index contributed by atoms with van der Waals surface area (Å²) in [4.78, 5) is 28.6. The molecule has 0 spiro atoms. The highest BCUT2D eigenvalue weighted by Gasteiger charge is 1.95. The molecule has 1 heterocycles. The predicted octanol–water partition coefficient (Wildman–Crippen LogP) is 0.575. The molecule has 0 bridgehead atoms. The van der Waals surface area contributed by atoms with Crippen molar-refractivity contribution in [3.8, 4) is 0 Å². The first-order valence-electron chi connectivity index (χ1n) is 5.95. The SMILES string of the molecule is CN(C)c1ccc(C=NNc2cc(=O)[nH]c(=O)[nH]2)cc1. The van der Waals surface area contributed by atoms with Gasteiger partial charge in [-0.05, 0) is 17.7 Å². The van der Waals surface area contributed by atoms with Gasteiger partial charge < -0.3 is 4.90 Å². The molecule has 0 aliphatic rings.